The molecule has 3 heteroatoms. The van der Waals surface area contributed by atoms with Crippen molar-refractivity contribution in [3.8, 4) is 5.75 Å². The van der Waals surface area contributed by atoms with Gasteiger partial charge in [-0.1, -0.05) is 0 Å². The number of H-pyrrole nitrogens is 1. The summed E-state index contributed by atoms with van der Waals surface area (Å²) in [5, 5.41) is 1.08. The van der Waals surface area contributed by atoms with Crippen LogP contribution in [0.15, 0.2) is 18.3 Å². The first-order chi connectivity index (χ1) is 7.61. The molecule has 1 aromatic carbocycles. The summed E-state index contributed by atoms with van der Waals surface area (Å²) >= 11 is 0. The quantitative estimate of drug-likeness (QED) is 0.858. The molecular formula is C13H15NO2. The van der Waals surface area contributed by atoms with Gasteiger partial charge >= 0.3 is 0 Å². The number of hydrogen-bond donors (Lipinski definition) is 1. The highest BCUT2D eigenvalue weighted by Crippen LogP contribution is 2.29. The van der Waals surface area contributed by atoms with Crippen LogP contribution in [-0.4, -0.2) is 17.9 Å². The third kappa shape index (κ3) is 1.81. The van der Waals surface area contributed by atoms with E-state index in [1.54, 1.807) is 14.0 Å². The summed E-state index contributed by atoms with van der Waals surface area (Å²) in [5.41, 5.74) is 3.13. The molecule has 0 aliphatic carbocycles. The summed E-state index contributed by atoms with van der Waals surface area (Å²) in [7, 11) is 1.65. The lowest BCUT2D eigenvalue weighted by Crippen LogP contribution is -1.95. The number of ether oxygens (including phenoxy) is 1. The first kappa shape index (κ1) is 10.7. The van der Waals surface area contributed by atoms with Crippen molar-refractivity contribution in [3.63, 3.8) is 0 Å². The number of benzene rings is 1. The van der Waals surface area contributed by atoms with Crippen LogP contribution in [0.2, 0.25) is 0 Å². The Morgan fingerprint density at radius 2 is 2.19 bits per heavy atom. The Kier molecular flexibility index (Phi) is 2.69. The molecule has 0 unspecified atom stereocenters. The topological polar surface area (TPSA) is 42.1 Å². The Balaban J connectivity index is 2.62. The largest absolute Gasteiger partial charge is 0.495 e. The van der Waals surface area contributed by atoms with E-state index >= 15 is 0 Å². The highest BCUT2D eigenvalue weighted by molar-refractivity contribution is 5.92. The van der Waals surface area contributed by atoms with Crippen LogP contribution in [0.5, 0.6) is 5.75 Å². The van der Waals surface area contributed by atoms with E-state index in [0.717, 1.165) is 27.8 Å². The number of aryl methyl sites for hydroxylation is 1. The van der Waals surface area contributed by atoms with E-state index in [2.05, 4.69) is 11.1 Å². The molecule has 2 aromatic rings. The molecule has 0 aliphatic heterocycles. The van der Waals surface area contributed by atoms with Gasteiger partial charge in [-0.25, -0.2) is 0 Å². The number of ketones is 1. The molecule has 1 heterocycles. The molecule has 84 valence electrons. The summed E-state index contributed by atoms with van der Waals surface area (Å²) in [6.45, 7) is 3.62. The predicted molar refractivity (Wildman–Crippen MR) is 64.0 cm³/mol. The molecule has 1 N–H and O–H groups in total. The molecule has 0 spiro atoms. The highest BCUT2D eigenvalue weighted by Gasteiger charge is 2.10. The van der Waals surface area contributed by atoms with Gasteiger partial charge in [-0.15, -0.1) is 0 Å². The van der Waals surface area contributed by atoms with Gasteiger partial charge in [-0.05, 0) is 37.1 Å². The van der Waals surface area contributed by atoms with Gasteiger partial charge in [0.05, 0.1) is 12.6 Å². The van der Waals surface area contributed by atoms with Crippen LogP contribution < -0.4 is 4.74 Å². The third-order valence-corrected chi connectivity index (χ3v) is 2.64. The molecule has 0 saturated carbocycles. The van der Waals surface area contributed by atoms with Crippen LogP contribution in [0.1, 0.15) is 18.1 Å². The van der Waals surface area contributed by atoms with E-state index in [4.69, 9.17) is 4.74 Å². The number of methoxy groups -OCH3 is 1. The fourth-order valence-corrected chi connectivity index (χ4v) is 1.97. The second-order valence-corrected chi connectivity index (χ2v) is 4.08. The molecule has 0 saturated heterocycles. The van der Waals surface area contributed by atoms with Crippen LogP contribution in [0, 0.1) is 6.92 Å². The summed E-state index contributed by atoms with van der Waals surface area (Å²) < 4.78 is 5.31. The Morgan fingerprint density at radius 1 is 1.44 bits per heavy atom. The monoisotopic (exact) mass is 217 g/mol. The van der Waals surface area contributed by atoms with E-state index in [9.17, 15) is 4.79 Å². The normalized spacial score (nSPS) is 10.7. The Morgan fingerprint density at radius 3 is 2.81 bits per heavy atom. The van der Waals surface area contributed by atoms with Crippen molar-refractivity contribution < 1.29 is 9.53 Å². The number of carbonyl (C=O) groups is 1. The van der Waals surface area contributed by atoms with Crippen LogP contribution in [0.25, 0.3) is 10.9 Å². The van der Waals surface area contributed by atoms with Gasteiger partial charge in [0.2, 0.25) is 0 Å². The minimum absolute atomic E-state index is 0.168. The maximum atomic E-state index is 11.1. The van der Waals surface area contributed by atoms with Crippen LogP contribution in [-0.2, 0) is 11.2 Å². The first-order valence-electron chi connectivity index (χ1n) is 5.26. The lowest BCUT2D eigenvalue weighted by atomic mass is 10.1. The second kappa shape index (κ2) is 4.00. The second-order valence-electron chi connectivity index (χ2n) is 4.08. The zero-order valence-electron chi connectivity index (χ0n) is 9.76. The minimum atomic E-state index is 0.168. The zero-order chi connectivity index (χ0) is 11.7. The summed E-state index contributed by atoms with van der Waals surface area (Å²) in [6.07, 6.45) is 2.35. The van der Waals surface area contributed by atoms with Gasteiger partial charge < -0.3 is 9.72 Å². The number of carbonyl (C=O) groups excluding carboxylic acids is 1. The number of rotatable bonds is 3. The van der Waals surface area contributed by atoms with Gasteiger partial charge in [0.25, 0.3) is 0 Å². The van der Waals surface area contributed by atoms with Crippen molar-refractivity contribution in [3.05, 3.63) is 29.5 Å². The average Bonchev–Trinajstić information content (AvgIpc) is 2.59. The summed E-state index contributed by atoms with van der Waals surface area (Å²) in [4.78, 5) is 14.3. The van der Waals surface area contributed by atoms with Crippen LogP contribution in [0.3, 0.4) is 0 Å². The van der Waals surface area contributed by atoms with Crippen molar-refractivity contribution in [1.82, 2.24) is 4.98 Å². The number of nitrogens with one attached hydrogen (secondary N) is 1. The van der Waals surface area contributed by atoms with Crippen molar-refractivity contribution in [1.29, 1.82) is 0 Å². The van der Waals surface area contributed by atoms with Gasteiger partial charge in [0.1, 0.15) is 11.5 Å². The minimum Gasteiger partial charge on any atom is -0.495 e. The molecule has 0 atom stereocenters. The molecular weight excluding hydrogens is 202 g/mol. The Hall–Kier alpha value is -1.77. The van der Waals surface area contributed by atoms with Gasteiger partial charge in [0, 0.05) is 18.0 Å². The van der Waals surface area contributed by atoms with Crippen molar-refractivity contribution in [2.45, 2.75) is 20.3 Å². The number of hydrogen-bond acceptors (Lipinski definition) is 2. The van der Waals surface area contributed by atoms with E-state index in [0.29, 0.717) is 6.42 Å². The fourth-order valence-electron chi connectivity index (χ4n) is 1.97. The number of Topliss-reactive ketones (excluding diaryl/α,β-unsaturated/α-hetero) is 1. The molecule has 16 heavy (non-hydrogen) atoms. The Labute approximate surface area is 94.4 Å². The van der Waals surface area contributed by atoms with Crippen molar-refractivity contribution >= 4 is 16.7 Å². The van der Waals surface area contributed by atoms with Gasteiger partial charge in [0.15, 0.2) is 0 Å². The van der Waals surface area contributed by atoms with Gasteiger partial charge in [-0.3, -0.25) is 4.79 Å². The molecule has 0 radical (unpaired) electrons. The first-order valence-corrected chi connectivity index (χ1v) is 5.26. The average molecular weight is 217 g/mol. The van der Waals surface area contributed by atoms with Crippen LogP contribution in [0.4, 0.5) is 0 Å². The van der Waals surface area contributed by atoms with Gasteiger partial charge in [-0.2, -0.15) is 0 Å². The fraction of sp³-hybridized carbons (Fsp3) is 0.308. The molecule has 0 bridgehead atoms. The molecule has 0 fully saturated rings. The SMILES string of the molecule is COc1cc(C)cc2c(CC(C)=O)c[nH]c12. The van der Waals surface area contributed by atoms with E-state index in [1.165, 1.54) is 0 Å². The molecule has 0 amide bonds. The lowest BCUT2D eigenvalue weighted by Gasteiger charge is -2.04. The Bertz CT molecular complexity index is 540. The standard InChI is InChI=1S/C13H15NO2/c1-8-4-11-10(6-9(2)15)7-14-13(11)12(5-8)16-3/h4-5,7,14H,6H2,1-3H3. The molecule has 3 nitrogen and oxygen atoms in total. The van der Waals surface area contributed by atoms with Crippen LogP contribution >= 0.6 is 0 Å². The smallest absolute Gasteiger partial charge is 0.143 e. The zero-order valence-corrected chi connectivity index (χ0v) is 9.76. The summed E-state index contributed by atoms with van der Waals surface area (Å²) in [6, 6.07) is 4.06. The number of aromatic nitrogens is 1. The molecule has 0 aliphatic rings. The van der Waals surface area contributed by atoms with Crippen molar-refractivity contribution in [2.75, 3.05) is 7.11 Å². The lowest BCUT2D eigenvalue weighted by molar-refractivity contribution is -0.116. The van der Waals surface area contributed by atoms with E-state index in [-0.39, 0.29) is 5.78 Å². The highest BCUT2D eigenvalue weighted by atomic mass is 16.5. The maximum absolute atomic E-state index is 11.1. The number of fused-ring (bicyclic) bond motifs is 1. The molecule has 2 rings (SSSR count). The third-order valence-electron chi connectivity index (χ3n) is 2.64. The molecule has 1 aromatic heterocycles. The summed E-state index contributed by atoms with van der Waals surface area (Å²) in [5.74, 6) is 0.992. The maximum Gasteiger partial charge on any atom is 0.143 e. The van der Waals surface area contributed by atoms with E-state index < -0.39 is 0 Å². The van der Waals surface area contributed by atoms with E-state index in [1.807, 2.05) is 19.2 Å². The van der Waals surface area contributed by atoms with Crippen molar-refractivity contribution in [2.24, 2.45) is 0 Å². The number of aromatic amines is 1. The predicted octanol–water partition coefficient (Wildman–Crippen LogP) is 2.62.